The van der Waals surface area contributed by atoms with Crippen LogP contribution in [0.4, 0.5) is 26.1 Å². The molecule has 0 aliphatic heterocycles. The van der Waals surface area contributed by atoms with E-state index in [0.29, 0.717) is 11.4 Å². The van der Waals surface area contributed by atoms with Gasteiger partial charge in [0.05, 0.1) is 15.6 Å². The molecule has 0 aliphatic rings. The Kier molecular flexibility index (Phi) is 5.29. The second kappa shape index (κ2) is 7.63. The highest BCUT2D eigenvalue weighted by Crippen LogP contribution is 2.22. The molecule has 0 saturated carbocycles. The van der Waals surface area contributed by atoms with E-state index in [2.05, 4.69) is 20.6 Å². The molecular weight excluding hydrogens is 385 g/mol. The van der Waals surface area contributed by atoms with E-state index in [1.165, 1.54) is 42.7 Å². The van der Waals surface area contributed by atoms with Crippen LogP contribution in [0.2, 0.25) is 10.0 Å². The second-order valence-electron chi connectivity index (χ2n) is 5.13. The molecule has 5 nitrogen and oxygen atoms in total. The molecule has 0 fully saturated rings. The van der Waals surface area contributed by atoms with Crippen LogP contribution in [0.5, 0.6) is 0 Å². The van der Waals surface area contributed by atoms with Crippen LogP contribution >= 0.6 is 23.2 Å². The van der Waals surface area contributed by atoms with Crippen molar-refractivity contribution in [2.75, 3.05) is 10.6 Å². The molecule has 2 N–H and O–H groups in total. The normalized spacial score (nSPS) is 10.5. The largest absolute Gasteiger partial charge is 0.324 e. The first-order valence-electron chi connectivity index (χ1n) is 7.23. The quantitative estimate of drug-likeness (QED) is 0.648. The lowest BCUT2D eigenvalue weighted by molar-refractivity contribution is 0.102. The van der Waals surface area contributed by atoms with Crippen molar-refractivity contribution in [1.82, 2.24) is 9.97 Å². The lowest BCUT2D eigenvalue weighted by Crippen LogP contribution is -2.13. The van der Waals surface area contributed by atoms with Gasteiger partial charge in [-0.05, 0) is 36.4 Å². The predicted octanol–water partition coefficient (Wildman–Crippen LogP) is 5.06. The molecule has 0 unspecified atom stereocenters. The third-order valence-corrected chi connectivity index (χ3v) is 3.85. The molecule has 0 radical (unpaired) electrons. The zero-order valence-electron chi connectivity index (χ0n) is 12.9. The van der Waals surface area contributed by atoms with E-state index in [4.69, 9.17) is 23.2 Å². The van der Waals surface area contributed by atoms with Crippen molar-refractivity contribution in [1.29, 1.82) is 0 Å². The van der Waals surface area contributed by atoms with E-state index in [1.54, 1.807) is 0 Å². The Morgan fingerprint density at radius 2 is 1.42 bits per heavy atom. The Balaban J connectivity index is 1.69. The zero-order valence-corrected chi connectivity index (χ0v) is 14.4. The Morgan fingerprint density at radius 3 is 2.00 bits per heavy atom. The highest BCUT2D eigenvalue weighted by molar-refractivity contribution is 6.31. The van der Waals surface area contributed by atoms with Crippen LogP contribution in [0.15, 0.2) is 48.8 Å². The van der Waals surface area contributed by atoms with Crippen molar-refractivity contribution >= 4 is 46.4 Å². The number of carbonyl (C=O) groups excluding carboxylic acids is 1. The number of amides is 1. The highest BCUT2D eigenvalue weighted by Gasteiger charge is 2.10. The number of rotatable bonds is 4. The first-order valence-corrected chi connectivity index (χ1v) is 7.98. The molecule has 1 aromatic heterocycles. The number of halogens is 4. The molecule has 26 heavy (non-hydrogen) atoms. The highest BCUT2D eigenvalue weighted by atomic mass is 35.5. The van der Waals surface area contributed by atoms with Crippen molar-refractivity contribution in [3.8, 4) is 0 Å². The molecule has 0 spiro atoms. The van der Waals surface area contributed by atoms with Gasteiger partial charge in [0.15, 0.2) is 0 Å². The Hall–Kier alpha value is -2.77. The molecule has 1 amide bonds. The Bertz CT molecular complexity index is 967. The summed E-state index contributed by atoms with van der Waals surface area (Å²) in [4.78, 5) is 20.2. The van der Waals surface area contributed by atoms with Gasteiger partial charge >= 0.3 is 0 Å². The maximum absolute atomic E-state index is 13.1. The topological polar surface area (TPSA) is 66.9 Å². The lowest BCUT2D eigenvalue weighted by Gasteiger charge is -2.07. The maximum Gasteiger partial charge on any atom is 0.258 e. The molecule has 3 aromatic rings. The van der Waals surface area contributed by atoms with Crippen molar-refractivity contribution in [2.24, 2.45) is 0 Å². The molecule has 3 rings (SSSR count). The summed E-state index contributed by atoms with van der Waals surface area (Å²) in [5.41, 5.74) is 1.02. The van der Waals surface area contributed by atoms with Crippen LogP contribution < -0.4 is 10.6 Å². The number of aromatic nitrogens is 2. The van der Waals surface area contributed by atoms with Gasteiger partial charge in [0.1, 0.15) is 11.6 Å². The van der Waals surface area contributed by atoms with Crippen molar-refractivity contribution < 1.29 is 13.6 Å². The summed E-state index contributed by atoms with van der Waals surface area (Å²) in [7, 11) is 0. The average Bonchev–Trinajstić information content (AvgIpc) is 2.62. The van der Waals surface area contributed by atoms with Crippen LogP contribution in [0.3, 0.4) is 0 Å². The summed E-state index contributed by atoms with van der Waals surface area (Å²) in [5.74, 6) is -1.39. The number of anilines is 3. The summed E-state index contributed by atoms with van der Waals surface area (Å²) in [6, 6.07) is 7.90. The van der Waals surface area contributed by atoms with Gasteiger partial charge in [-0.25, -0.2) is 18.7 Å². The van der Waals surface area contributed by atoms with E-state index < -0.39 is 17.5 Å². The second-order valence-corrected chi connectivity index (χ2v) is 5.95. The number of hydrogen-bond donors (Lipinski definition) is 2. The summed E-state index contributed by atoms with van der Waals surface area (Å²) >= 11 is 11.4. The lowest BCUT2D eigenvalue weighted by atomic mass is 10.2. The van der Waals surface area contributed by atoms with E-state index in [1.807, 2.05) is 0 Å². The summed E-state index contributed by atoms with van der Waals surface area (Å²) in [5, 5.41) is 5.26. The fraction of sp³-hybridized carbons (Fsp3) is 0. The first-order chi connectivity index (χ1) is 12.4. The minimum atomic E-state index is -0.579. The number of nitrogens with one attached hydrogen (secondary N) is 2. The maximum atomic E-state index is 13.1. The molecule has 0 aliphatic carbocycles. The molecule has 0 saturated heterocycles. The third kappa shape index (κ3) is 4.25. The van der Waals surface area contributed by atoms with Crippen LogP contribution in [-0.4, -0.2) is 15.9 Å². The standard InChI is InChI=1S/C17H10Cl2F2N4O/c18-12-5-10(1-3-14(12)20)24-16(26)9-7-22-17(23-8-9)25-11-2-4-15(21)13(19)6-11/h1-8H,(H,24,26)(H,22,23,25). The monoisotopic (exact) mass is 394 g/mol. The molecule has 132 valence electrons. The molecular formula is C17H10Cl2F2N4O. The SMILES string of the molecule is O=C(Nc1ccc(F)c(Cl)c1)c1cnc(Nc2ccc(F)c(Cl)c2)nc1. The van der Waals surface area contributed by atoms with Gasteiger partial charge < -0.3 is 10.6 Å². The number of carbonyl (C=O) groups is 1. The van der Waals surface area contributed by atoms with Gasteiger partial charge in [-0.1, -0.05) is 23.2 Å². The van der Waals surface area contributed by atoms with E-state index in [9.17, 15) is 13.6 Å². The minimum absolute atomic E-state index is 0.0380. The first kappa shape index (κ1) is 18.0. The predicted molar refractivity (Wildman–Crippen MR) is 96.1 cm³/mol. The van der Waals surface area contributed by atoms with Crippen molar-refractivity contribution in [2.45, 2.75) is 0 Å². The molecule has 9 heteroatoms. The van der Waals surface area contributed by atoms with Gasteiger partial charge in [0, 0.05) is 23.8 Å². The van der Waals surface area contributed by atoms with E-state index in [0.717, 1.165) is 6.07 Å². The summed E-state index contributed by atoms with van der Waals surface area (Å²) in [6.07, 6.45) is 2.61. The summed E-state index contributed by atoms with van der Waals surface area (Å²) in [6.45, 7) is 0. The van der Waals surface area contributed by atoms with E-state index in [-0.39, 0.29) is 21.6 Å². The van der Waals surface area contributed by atoms with Gasteiger partial charge in [-0.15, -0.1) is 0 Å². The Morgan fingerprint density at radius 1 is 0.885 bits per heavy atom. The van der Waals surface area contributed by atoms with Gasteiger partial charge in [0.2, 0.25) is 5.95 Å². The zero-order chi connectivity index (χ0) is 18.7. The van der Waals surface area contributed by atoms with Crippen LogP contribution in [0.1, 0.15) is 10.4 Å². The van der Waals surface area contributed by atoms with Crippen LogP contribution in [0, 0.1) is 11.6 Å². The fourth-order valence-electron chi connectivity index (χ4n) is 1.99. The fourth-order valence-corrected chi connectivity index (χ4v) is 2.35. The van der Waals surface area contributed by atoms with E-state index >= 15 is 0 Å². The van der Waals surface area contributed by atoms with Gasteiger partial charge in [0.25, 0.3) is 5.91 Å². The molecule has 2 aromatic carbocycles. The third-order valence-electron chi connectivity index (χ3n) is 3.27. The molecule has 1 heterocycles. The smallest absolute Gasteiger partial charge is 0.258 e. The number of hydrogen-bond acceptors (Lipinski definition) is 4. The van der Waals surface area contributed by atoms with Crippen molar-refractivity contribution in [3.05, 3.63) is 76.0 Å². The number of nitrogens with zero attached hydrogens (tertiary/aromatic N) is 2. The summed E-state index contributed by atoms with van der Waals surface area (Å²) < 4.78 is 26.3. The minimum Gasteiger partial charge on any atom is -0.324 e. The Labute approximate surface area is 157 Å². The van der Waals surface area contributed by atoms with Crippen molar-refractivity contribution in [3.63, 3.8) is 0 Å². The van der Waals surface area contributed by atoms with Gasteiger partial charge in [-0.2, -0.15) is 0 Å². The van der Waals surface area contributed by atoms with Gasteiger partial charge in [-0.3, -0.25) is 4.79 Å². The van der Waals surface area contributed by atoms with Crippen LogP contribution in [-0.2, 0) is 0 Å². The number of benzene rings is 2. The van der Waals surface area contributed by atoms with Crippen LogP contribution in [0.25, 0.3) is 0 Å². The average molecular weight is 395 g/mol. The molecule has 0 atom stereocenters. The molecule has 0 bridgehead atoms.